The molecule has 0 aliphatic carbocycles. The van der Waals surface area contributed by atoms with Crippen molar-refractivity contribution in [2.45, 2.75) is 19.5 Å². The van der Waals surface area contributed by atoms with Gasteiger partial charge < -0.3 is 5.32 Å². The minimum Gasteiger partial charge on any atom is -0.314 e. The summed E-state index contributed by atoms with van der Waals surface area (Å²) in [4.78, 5) is 6.75. The topological polar surface area (TPSA) is 28.2 Å². The van der Waals surface area contributed by atoms with Gasteiger partial charge in [0.15, 0.2) is 0 Å². The molecule has 1 atom stereocenters. The van der Waals surface area contributed by atoms with Crippen LogP contribution in [0, 0.1) is 12.7 Å². The molecular formula is C17H21ClFN3. The molecule has 1 N–H and O–H groups in total. The van der Waals surface area contributed by atoms with Gasteiger partial charge in [-0.3, -0.25) is 9.88 Å². The fourth-order valence-corrected chi connectivity index (χ4v) is 2.88. The van der Waals surface area contributed by atoms with Gasteiger partial charge in [-0.15, -0.1) is 12.4 Å². The molecule has 0 spiro atoms. The number of pyridine rings is 1. The number of aryl methyl sites for hydroxylation is 1. The van der Waals surface area contributed by atoms with Crippen molar-refractivity contribution in [3.8, 4) is 0 Å². The van der Waals surface area contributed by atoms with Crippen LogP contribution in [0.25, 0.3) is 0 Å². The highest BCUT2D eigenvalue weighted by Gasteiger charge is 2.24. The highest BCUT2D eigenvalue weighted by molar-refractivity contribution is 5.85. The lowest BCUT2D eigenvalue weighted by Gasteiger charge is -2.36. The maximum absolute atomic E-state index is 13.5. The maximum atomic E-state index is 13.5. The summed E-state index contributed by atoms with van der Waals surface area (Å²) in [5, 5.41) is 3.40. The third-order valence-corrected chi connectivity index (χ3v) is 4.08. The third-order valence-electron chi connectivity index (χ3n) is 4.08. The number of hydrogen-bond donors (Lipinski definition) is 1. The van der Waals surface area contributed by atoms with Gasteiger partial charge in [0.1, 0.15) is 5.82 Å². The number of piperazine rings is 1. The summed E-state index contributed by atoms with van der Waals surface area (Å²) in [7, 11) is 0. The van der Waals surface area contributed by atoms with E-state index in [0.29, 0.717) is 0 Å². The second-order valence-corrected chi connectivity index (χ2v) is 5.49. The predicted molar refractivity (Wildman–Crippen MR) is 88.6 cm³/mol. The number of benzene rings is 1. The first-order valence-electron chi connectivity index (χ1n) is 7.35. The SMILES string of the molecule is Cc1ncccc1CN1CCNCC1c1cccc(F)c1.Cl. The van der Waals surface area contributed by atoms with Crippen LogP contribution in [0.4, 0.5) is 4.39 Å². The molecule has 0 bridgehead atoms. The van der Waals surface area contributed by atoms with E-state index >= 15 is 0 Å². The van der Waals surface area contributed by atoms with Crippen LogP contribution in [0.15, 0.2) is 42.6 Å². The second-order valence-electron chi connectivity index (χ2n) is 5.49. The normalized spacial score (nSPS) is 18.7. The Labute approximate surface area is 137 Å². The highest BCUT2D eigenvalue weighted by Crippen LogP contribution is 2.25. The Morgan fingerprint density at radius 2 is 2.18 bits per heavy atom. The fourth-order valence-electron chi connectivity index (χ4n) is 2.88. The molecule has 118 valence electrons. The third kappa shape index (κ3) is 3.83. The summed E-state index contributed by atoms with van der Waals surface area (Å²) in [6.07, 6.45) is 1.82. The molecule has 3 rings (SSSR count). The van der Waals surface area contributed by atoms with Crippen molar-refractivity contribution < 1.29 is 4.39 Å². The van der Waals surface area contributed by atoms with Gasteiger partial charge in [0.05, 0.1) is 0 Å². The molecule has 22 heavy (non-hydrogen) atoms. The van der Waals surface area contributed by atoms with Crippen LogP contribution in [0.1, 0.15) is 22.9 Å². The summed E-state index contributed by atoms with van der Waals surface area (Å²) < 4.78 is 13.5. The smallest absolute Gasteiger partial charge is 0.123 e. The van der Waals surface area contributed by atoms with Crippen LogP contribution < -0.4 is 5.32 Å². The quantitative estimate of drug-likeness (QED) is 0.941. The Hall–Kier alpha value is -1.49. The van der Waals surface area contributed by atoms with Gasteiger partial charge in [-0.1, -0.05) is 18.2 Å². The lowest BCUT2D eigenvalue weighted by Crippen LogP contribution is -2.45. The highest BCUT2D eigenvalue weighted by atomic mass is 35.5. The van der Waals surface area contributed by atoms with E-state index in [1.54, 1.807) is 12.1 Å². The van der Waals surface area contributed by atoms with Crippen molar-refractivity contribution in [3.63, 3.8) is 0 Å². The van der Waals surface area contributed by atoms with E-state index in [2.05, 4.69) is 21.3 Å². The van der Waals surface area contributed by atoms with Crippen molar-refractivity contribution in [2.24, 2.45) is 0 Å². The van der Waals surface area contributed by atoms with Gasteiger partial charge in [-0.2, -0.15) is 0 Å². The molecule has 1 aliphatic heterocycles. The molecule has 3 nitrogen and oxygen atoms in total. The number of aromatic nitrogens is 1. The number of nitrogens with zero attached hydrogens (tertiary/aromatic N) is 2. The van der Waals surface area contributed by atoms with Crippen LogP contribution in [-0.4, -0.2) is 29.5 Å². The first-order valence-corrected chi connectivity index (χ1v) is 7.35. The predicted octanol–water partition coefficient (Wildman–Crippen LogP) is 3.10. The van der Waals surface area contributed by atoms with Gasteiger partial charge >= 0.3 is 0 Å². The van der Waals surface area contributed by atoms with E-state index in [4.69, 9.17) is 0 Å². The summed E-state index contributed by atoms with van der Waals surface area (Å²) in [5.74, 6) is -0.171. The zero-order chi connectivity index (χ0) is 14.7. The van der Waals surface area contributed by atoms with E-state index in [1.165, 1.54) is 11.6 Å². The summed E-state index contributed by atoms with van der Waals surface area (Å²) in [6.45, 7) is 5.65. The minimum absolute atomic E-state index is 0. The zero-order valence-corrected chi connectivity index (χ0v) is 13.4. The minimum atomic E-state index is -0.171. The molecule has 1 saturated heterocycles. The molecule has 0 amide bonds. The Kier molecular flexibility index (Phi) is 5.89. The molecule has 5 heteroatoms. The van der Waals surface area contributed by atoms with Crippen LogP contribution in [-0.2, 0) is 6.54 Å². The average molecular weight is 322 g/mol. The summed E-state index contributed by atoms with van der Waals surface area (Å²) >= 11 is 0. The first kappa shape index (κ1) is 16.9. The van der Waals surface area contributed by atoms with Crippen molar-refractivity contribution >= 4 is 12.4 Å². The van der Waals surface area contributed by atoms with Crippen LogP contribution in [0.2, 0.25) is 0 Å². The molecule has 2 aromatic rings. The number of nitrogens with one attached hydrogen (secondary N) is 1. The molecule has 1 aromatic carbocycles. The standard InChI is InChI=1S/C17H20FN3.ClH/c1-13-15(5-3-7-20-13)12-21-9-8-19-11-17(21)14-4-2-6-16(18)10-14;/h2-7,10,17,19H,8-9,11-12H2,1H3;1H. The van der Waals surface area contributed by atoms with Gasteiger partial charge in [0.25, 0.3) is 0 Å². The number of halogens is 2. The fraction of sp³-hybridized carbons (Fsp3) is 0.353. The van der Waals surface area contributed by atoms with Crippen molar-refractivity contribution in [1.29, 1.82) is 0 Å². The van der Waals surface area contributed by atoms with Gasteiger partial charge in [-0.25, -0.2) is 4.39 Å². The Morgan fingerprint density at radius 1 is 1.32 bits per heavy atom. The average Bonchev–Trinajstić information content (AvgIpc) is 2.50. The molecule has 1 fully saturated rings. The summed E-state index contributed by atoms with van der Waals surface area (Å²) in [5.41, 5.74) is 3.33. The van der Waals surface area contributed by atoms with E-state index < -0.39 is 0 Å². The number of rotatable bonds is 3. The number of hydrogen-bond acceptors (Lipinski definition) is 3. The van der Waals surface area contributed by atoms with Crippen LogP contribution >= 0.6 is 12.4 Å². The molecular weight excluding hydrogens is 301 g/mol. The van der Waals surface area contributed by atoms with Crippen molar-refractivity contribution in [3.05, 3.63) is 65.2 Å². The monoisotopic (exact) mass is 321 g/mol. The lowest BCUT2D eigenvalue weighted by atomic mass is 10.0. The van der Waals surface area contributed by atoms with Gasteiger partial charge in [0, 0.05) is 44.1 Å². The molecule has 1 aromatic heterocycles. The molecule has 0 radical (unpaired) electrons. The molecule has 1 unspecified atom stereocenters. The van der Waals surface area contributed by atoms with Crippen LogP contribution in [0.5, 0.6) is 0 Å². The van der Waals surface area contributed by atoms with E-state index in [0.717, 1.165) is 37.4 Å². The van der Waals surface area contributed by atoms with E-state index in [-0.39, 0.29) is 24.3 Å². The van der Waals surface area contributed by atoms with Gasteiger partial charge in [0.2, 0.25) is 0 Å². The van der Waals surface area contributed by atoms with Crippen molar-refractivity contribution in [2.75, 3.05) is 19.6 Å². The first-order chi connectivity index (χ1) is 10.2. The van der Waals surface area contributed by atoms with E-state index in [1.807, 2.05) is 25.3 Å². The van der Waals surface area contributed by atoms with Crippen LogP contribution in [0.3, 0.4) is 0 Å². The largest absolute Gasteiger partial charge is 0.314 e. The van der Waals surface area contributed by atoms with Crippen molar-refractivity contribution in [1.82, 2.24) is 15.2 Å². The zero-order valence-electron chi connectivity index (χ0n) is 12.6. The maximum Gasteiger partial charge on any atom is 0.123 e. The Bertz CT molecular complexity index is 620. The lowest BCUT2D eigenvalue weighted by molar-refractivity contribution is 0.153. The Balaban J connectivity index is 0.00000176. The summed E-state index contributed by atoms with van der Waals surface area (Å²) in [6, 6.07) is 11.2. The molecule has 2 heterocycles. The van der Waals surface area contributed by atoms with E-state index in [9.17, 15) is 4.39 Å². The Morgan fingerprint density at radius 3 is 2.95 bits per heavy atom. The second kappa shape index (κ2) is 7.68. The molecule has 0 saturated carbocycles. The molecule has 1 aliphatic rings. The van der Waals surface area contributed by atoms with Gasteiger partial charge in [-0.05, 0) is 36.2 Å².